The van der Waals surface area contributed by atoms with E-state index in [1.165, 1.54) is 14.0 Å². The highest BCUT2D eigenvalue weighted by Crippen LogP contribution is 2.21. The first-order valence-corrected chi connectivity index (χ1v) is 6.92. The van der Waals surface area contributed by atoms with Crippen LogP contribution in [0.1, 0.15) is 46.0 Å². The highest BCUT2D eigenvalue weighted by Gasteiger charge is 2.27. The molecule has 1 N–H and O–H groups in total. The van der Waals surface area contributed by atoms with E-state index in [0.29, 0.717) is 16.8 Å². The molecule has 1 heterocycles. The van der Waals surface area contributed by atoms with Gasteiger partial charge in [0.1, 0.15) is 6.61 Å². The second-order valence-corrected chi connectivity index (χ2v) is 4.77. The summed E-state index contributed by atoms with van der Waals surface area (Å²) in [6.07, 6.45) is -0.977. The van der Waals surface area contributed by atoms with E-state index in [1.54, 1.807) is 20.8 Å². The lowest BCUT2D eigenvalue weighted by Crippen LogP contribution is -2.27. The number of methoxy groups -OCH3 is 1. The molecule has 122 valence electrons. The molecule has 0 saturated carbocycles. The van der Waals surface area contributed by atoms with Gasteiger partial charge in [0.2, 0.25) is 5.78 Å². The smallest absolute Gasteiger partial charge is 0.340 e. The predicted molar refractivity (Wildman–Crippen MR) is 78.0 cm³/mol. The number of rotatable bonds is 7. The van der Waals surface area contributed by atoms with Crippen molar-refractivity contribution in [3.63, 3.8) is 0 Å². The predicted octanol–water partition coefficient (Wildman–Crippen LogP) is 1.57. The van der Waals surface area contributed by atoms with Crippen molar-refractivity contribution < 1.29 is 28.6 Å². The number of esters is 2. The molecule has 0 bridgehead atoms. The Hall–Kier alpha value is -2.15. The number of hydrogen-bond donors (Lipinski definition) is 1. The topological polar surface area (TPSA) is 94.7 Å². The Labute approximate surface area is 128 Å². The van der Waals surface area contributed by atoms with Gasteiger partial charge in [0.05, 0.1) is 17.9 Å². The Morgan fingerprint density at radius 3 is 2.41 bits per heavy atom. The van der Waals surface area contributed by atoms with Crippen LogP contribution in [0.3, 0.4) is 0 Å². The summed E-state index contributed by atoms with van der Waals surface area (Å²) in [5, 5.41) is 0. The number of ether oxygens (including phenoxy) is 3. The zero-order chi connectivity index (χ0) is 16.9. The fourth-order valence-corrected chi connectivity index (χ4v) is 2.11. The summed E-state index contributed by atoms with van der Waals surface area (Å²) in [5.74, 6) is -1.53. The maximum atomic E-state index is 12.3. The summed E-state index contributed by atoms with van der Waals surface area (Å²) < 4.78 is 14.6. The van der Waals surface area contributed by atoms with Crippen molar-refractivity contribution in [2.45, 2.75) is 33.8 Å². The molecule has 0 aliphatic rings. The van der Waals surface area contributed by atoms with Crippen molar-refractivity contribution in [2.24, 2.45) is 0 Å². The molecule has 1 rings (SSSR count). The van der Waals surface area contributed by atoms with E-state index in [0.717, 1.165) is 0 Å². The summed E-state index contributed by atoms with van der Waals surface area (Å²) in [7, 11) is 1.36. The lowest BCUT2D eigenvalue weighted by Gasteiger charge is -2.11. The average molecular weight is 311 g/mol. The Balaban J connectivity index is 2.97. The maximum Gasteiger partial charge on any atom is 0.340 e. The molecular formula is C15H21NO6. The van der Waals surface area contributed by atoms with E-state index < -0.39 is 23.8 Å². The molecule has 0 saturated heterocycles. The fourth-order valence-electron chi connectivity index (χ4n) is 2.11. The standard InChI is InChI=1S/C15H21NO6/c1-6-21-15(19)12-8(2)13(16-9(12)3)14(18)10(4)22-11(17)7-20-5/h10,16H,6-7H2,1-5H3/t10-/m0/s1. The SMILES string of the molecule is CCOC(=O)c1c(C)[nH]c(C(=O)[C@H](C)OC(=O)COC)c1C. The van der Waals surface area contributed by atoms with Crippen LogP contribution in [0.2, 0.25) is 0 Å². The Kier molecular flexibility index (Phi) is 6.30. The number of hydrogen-bond acceptors (Lipinski definition) is 6. The molecule has 1 aromatic heterocycles. The van der Waals surface area contributed by atoms with Gasteiger partial charge >= 0.3 is 11.9 Å². The summed E-state index contributed by atoms with van der Waals surface area (Å²) in [6, 6.07) is 0. The molecule has 7 nitrogen and oxygen atoms in total. The number of aromatic amines is 1. The van der Waals surface area contributed by atoms with Gasteiger partial charge in [0.15, 0.2) is 6.10 Å². The number of nitrogens with one attached hydrogen (secondary N) is 1. The molecule has 0 fully saturated rings. The second-order valence-electron chi connectivity index (χ2n) is 4.77. The number of carbonyl (C=O) groups excluding carboxylic acids is 3. The number of ketones is 1. The molecule has 0 spiro atoms. The zero-order valence-corrected chi connectivity index (χ0v) is 13.4. The highest BCUT2D eigenvalue weighted by molar-refractivity contribution is 6.03. The number of aromatic nitrogens is 1. The van der Waals surface area contributed by atoms with Gasteiger partial charge in [-0.1, -0.05) is 0 Å². The van der Waals surface area contributed by atoms with E-state index >= 15 is 0 Å². The third kappa shape index (κ3) is 3.94. The zero-order valence-electron chi connectivity index (χ0n) is 13.4. The van der Waals surface area contributed by atoms with Gasteiger partial charge < -0.3 is 19.2 Å². The summed E-state index contributed by atoms with van der Waals surface area (Å²) in [6.45, 7) is 6.52. The third-order valence-electron chi connectivity index (χ3n) is 3.10. The molecule has 0 unspecified atom stereocenters. The molecule has 1 aromatic rings. The van der Waals surface area contributed by atoms with Crippen LogP contribution in [0.25, 0.3) is 0 Å². The lowest BCUT2D eigenvalue weighted by molar-refractivity contribution is -0.150. The third-order valence-corrected chi connectivity index (χ3v) is 3.10. The van der Waals surface area contributed by atoms with Crippen molar-refractivity contribution in [2.75, 3.05) is 20.3 Å². The normalized spacial score (nSPS) is 11.9. The molecular weight excluding hydrogens is 290 g/mol. The van der Waals surface area contributed by atoms with Crippen molar-refractivity contribution in [1.82, 2.24) is 4.98 Å². The van der Waals surface area contributed by atoms with Crippen LogP contribution in [0, 0.1) is 13.8 Å². The Morgan fingerprint density at radius 2 is 1.86 bits per heavy atom. The maximum absolute atomic E-state index is 12.3. The minimum atomic E-state index is -0.977. The average Bonchev–Trinajstić information content (AvgIpc) is 2.73. The Bertz CT molecular complexity index is 575. The minimum Gasteiger partial charge on any atom is -0.462 e. The number of Topliss-reactive ketones (excluding diaryl/α,β-unsaturated/α-hetero) is 1. The van der Waals surface area contributed by atoms with E-state index in [9.17, 15) is 14.4 Å². The van der Waals surface area contributed by atoms with Gasteiger partial charge in [-0.25, -0.2) is 9.59 Å². The lowest BCUT2D eigenvalue weighted by atomic mass is 10.1. The molecule has 7 heteroatoms. The van der Waals surface area contributed by atoms with Crippen molar-refractivity contribution in [3.05, 3.63) is 22.5 Å². The first kappa shape index (κ1) is 17.9. The first-order chi connectivity index (χ1) is 10.3. The van der Waals surface area contributed by atoms with E-state index in [4.69, 9.17) is 9.47 Å². The largest absolute Gasteiger partial charge is 0.462 e. The van der Waals surface area contributed by atoms with Crippen LogP contribution < -0.4 is 0 Å². The summed E-state index contributed by atoms with van der Waals surface area (Å²) >= 11 is 0. The van der Waals surface area contributed by atoms with Crippen molar-refractivity contribution in [3.8, 4) is 0 Å². The van der Waals surface area contributed by atoms with Crippen LogP contribution >= 0.6 is 0 Å². The van der Waals surface area contributed by atoms with E-state index in [-0.39, 0.29) is 18.9 Å². The van der Waals surface area contributed by atoms with E-state index in [2.05, 4.69) is 9.72 Å². The Morgan fingerprint density at radius 1 is 1.23 bits per heavy atom. The molecule has 0 radical (unpaired) electrons. The molecule has 0 amide bonds. The van der Waals surface area contributed by atoms with E-state index in [1.807, 2.05) is 0 Å². The van der Waals surface area contributed by atoms with Crippen LogP contribution in [0.15, 0.2) is 0 Å². The minimum absolute atomic E-state index is 0.228. The van der Waals surface area contributed by atoms with Crippen LogP contribution in [0.5, 0.6) is 0 Å². The van der Waals surface area contributed by atoms with Gasteiger partial charge in [-0.15, -0.1) is 0 Å². The number of aryl methyl sites for hydroxylation is 1. The van der Waals surface area contributed by atoms with Gasteiger partial charge in [-0.3, -0.25) is 4.79 Å². The van der Waals surface area contributed by atoms with Crippen molar-refractivity contribution in [1.29, 1.82) is 0 Å². The van der Waals surface area contributed by atoms with Gasteiger partial charge in [0, 0.05) is 12.8 Å². The second kappa shape index (κ2) is 7.74. The van der Waals surface area contributed by atoms with Crippen LogP contribution in [0.4, 0.5) is 0 Å². The molecule has 0 aliphatic carbocycles. The molecule has 22 heavy (non-hydrogen) atoms. The summed E-state index contributed by atoms with van der Waals surface area (Å²) in [4.78, 5) is 38.5. The molecule has 0 aromatic carbocycles. The van der Waals surface area contributed by atoms with Crippen molar-refractivity contribution >= 4 is 17.7 Å². The summed E-state index contributed by atoms with van der Waals surface area (Å²) in [5.41, 5.74) is 1.59. The quantitative estimate of drug-likeness (QED) is 0.606. The highest BCUT2D eigenvalue weighted by atomic mass is 16.6. The van der Waals surface area contributed by atoms with Crippen LogP contribution in [-0.2, 0) is 19.0 Å². The van der Waals surface area contributed by atoms with Crippen LogP contribution in [-0.4, -0.2) is 49.1 Å². The number of H-pyrrole nitrogens is 1. The first-order valence-electron chi connectivity index (χ1n) is 6.92. The van der Waals surface area contributed by atoms with Gasteiger partial charge in [-0.2, -0.15) is 0 Å². The van der Waals surface area contributed by atoms with Gasteiger partial charge in [-0.05, 0) is 33.3 Å². The monoisotopic (exact) mass is 311 g/mol. The molecule has 1 atom stereocenters. The fraction of sp³-hybridized carbons (Fsp3) is 0.533. The van der Waals surface area contributed by atoms with Gasteiger partial charge in [0.25, 0.3) is 0 Å². The molecule has 0 aliphatic heterocycles. The number of carbonyl (C=O) groups is 3.